The minimum Gasteiger partial charge on any atom is -0.409 e. The van der Waals surface area contributed by atoms with Crippen LogP contribution in [0, 0.1) is 0 Å². The molecule has 3 N–H and O–H groups in total. The third-order valence-electron chi connectivity index (χ3n) is 2.90. The Morgan fingerprint density at radius 1 is 1.24 bits per heavy atom. The summed E-state index contributed by atoms with van der Waals surface area (Å²) in [6.45, 7) is 8.13. The third-order valence-corrected chi connectivity index (χ3v) is 2.90. The summed E-state index contributed by atoms with van der Waals surface area (Å²) >= 11 is 0. The molecule has 1 aromatic rings. The van der Waals surface area contributed by atoms with Crippen LogP contribution in [-0.4, -0.2) is 55.5 Å². The lowest BCUT2D eigenvalue weighted by molar-refractivity contribution is 0.141. The minimum absolute atomic E-state index is 0.00303. The number of anilines is 1. The van der Waals surface area contributed by atoms with E-state index in [9.17, 15) is 0 Å². The predicted octanol–water partition coefficient (Wildman–Crippen LogP) is 1.06. The molecule has 0 fully saturated rings. The molecule has 0 radical (unpaired) electrons. The first-order valence-corrected chi connectivity index (χ1v) is 7.07. The van der Waals surface area contributed by atoms with Gasteiger partial charge in [0.15, 0.2) is 5.84 Å². The van der Waals surface area contributed by atoms with E-state index in [-0.39, 0.29) is 5.84 Å². The van der Waals surface area contributed by atoms with Gasteiger partial charge in [-0.1, -0.05) is 5.16 Å². The van der Waals surface area contributed by atoms with E-state index >= 15 is 0 Å². The van der Waals surface area contributed by atoms with Gasteiger partial charge in [0, 0.05) is 26.3 Å². The maximum atomic E-state index is 8.63. The molecule has 1 rings (SSSR count). The van der Waals surface area contributed by atoms with Crippen LogP contribution in [0.15, 0.2) is 23.5 Å². The monoisotopic (exact) mass is 296 g/mol. The molecule has 0 saturated carbocycles. The van der Waals surface area contributed by atoms with E-state index in [4.69, 9.17) is 20.4 Å². The summed E-state index contributed by atoms with van der Waals surface area (Å²) in [6, 6.07) is 3.61. The molecule has 0 saturated heterocycles. The Morgan fingerprint density at radius 2 is 1.86 bits per heavy atom. The average Bonchev–Trinajstić information content (AvgIpc) is 2.53. The molecule has 0 amide bonds. The summed E-state index contributed by atoms with van der Waals surface area (Å²) in [5, 5.41) is 11.6. The van der Waals surface area contributed by atoms with E-state index in [1.165, 1.54) is 0 Å². The van der Waals surface area contributed by atoms with Crippen molar-refractivity contribution < 1.29 is 14.7 Å². The summed E-state index contributed by atoms with van der Waals surface area (Å²) < 4.78 is 10.8. The van der Waals surface area contributed by atoms with Crippen LogP contribution in [0.3, 0.4) is 0 Å². The number of hydrogen-bond acceptors (Lipinski definition) is 6. The van der Waals surface area contributed by atoms with Gasteiger partial charge in [0.05, 0.1) is 25.1 Å². The Morgan fingerprint density at radius 3 is 2.29 bits per heavy atom. The second kappa shape index (κ2) is 9.95. The van der Waals surface area contributed by atoms with Crippen LogP contribution in [-0.2, 0) is 9.47 Å². The maximum absolute atomic E-state index is 8.63. The predicted molar refractivity (Wildman–Crippen MR) is 81.9 cm³/mol. The SMILES string of the molecule is CCOCCN(CCOCC)c1ccc(/C(N)=N/O)nc1. The quantitative estimate of drug-likeness (QED) is 0.220. The van der Waals surface area contributed by atoms with Crippen LogP contribution >= 0.6 is 0 Å². The number of rotatable bonds is 10. The van der Waals surface area contributed by atoms with Gasteiger partial charge in [-0.15, -0.1) is 0 Å². The van der Waals surface area contributed by atoms with Crippen molar-refractivity contribution in [3.05, 3.63) is 24.0 Å². The number of pyridine rings is 1. The van der Waals surface area contributed by atoms with Crippen molar-refractivity contribution >= 4 is 11.5 Å². The number of amidine groups is 1. The Balaban J connectivity index is 2.71. The molecule has 7 nitrogen and oxygen atoms in total. The van der Waals surface area contributed by atoms with Crippen molar-refractivity contribution in [3.63, 3.8) is 0 Å². The second-order valence-electron chi connectivity index (χ2n) is 4.27. The number of ether oxygens (including phenoxy) is 2. The number of hydrogen-bond donors (Lipinski definition) is 2. The van der Waals surface area contributed by atoms with E-state index in [0.717, 1.165) is 18.8 Å². The van der Waals surface area contributed by atoms with Crippen molar-refractivity contribution in [1.29, 1.82) is 0 Å². The summed E-state index contributed by atoms with van der Waals surface area (Å²) in [4.78, 5) is 6.32. The van der Waals surface area contributed by atoms with Gasteiger partial charge in [-0.25, -0.2) is 0 Å². The number of nitrogens with two attached hydrogens (primary N) is 1. The Kier molecular flexibility index (Phi) is 8.15. The fraction of sp³-hybridized carbons (Fsp3) is 0.571. The van der Waals surface area contributed by atoms with Crippen molar-refractivity contribution in [3.8, 4) is 0 Å². The smallest absolute Gasteiger partial charge is 0.188 e. The fourth-order valence-corrected chi connectivity index (χ4v) is 1.78. The molecule has 0 aliphatic carbocycles. The lowest BCUT2D eigenvalue weighted by Crippen LogP contribution is -2.31. The molecule has 7 heteroatoms. The maximum Gasteiger partial charge on any atom is 0.188 e. The first-order chi connectivity index (χ1) is 10.2. The van der Waals surface area contributed by atoms with Crippen LogP contribution < -0.4 is 10.6 Å². The number of aromatic nitrogens is 1. The van der Waals surface area contributed by atoms with Crippen molar-refractivity contribution in [2.75, 3.05) is 44.4 Å². The lowest BCUT2D eigenvalue weighted by atomic mass is 10.3. The molecule has 0 bridgehead atoms. The van der Waals surface area contributed by atoms with Crippen LogP contribution in [0.1, 0.15) is 19.5 Å². The van der Waals surface area contributed by atoms with Gasteiger partial charge in [-0.2, -0.15) is 0 Å². The minimum atomic E-state index is -0.00303. The normalized spacial score (nSPS) is 11.6. The molecule has 21 heavy (non-hydrogen) atoms. The summed E-state index contributed by atoms with van der Waals surface area (Å²) in [7, 11) is 0. The Labute approximate surface area is 125 Å². The number of nitrogens with zero attached hydrogens (tertiary/aromatic N) is 3. The zero-order valence-electron chi connectivity index (χ0n) is 12.7. The van der Waals surface area contributed by atoms with E-state index in [1.807, 2.05) is 19.9 Å². The fourth-order valence-electron chi connectivity index (χ4n) is 1.78. The Hall–Kier alpha value is -1.86. The third kappa shape index (κ3) is 5.97. The molecular weight excluding hydrogens is 272 g/mol. The lowest BCUT2D eigenvalue weighted by Gasteiger charge is -2.24. The summed E-state index contributed by atoms with van der Waals surface area (Å²) in [5.41, 5.74) is 6.89. The van der Waals surface area contributed by atoms with Crippen LogP contribution in [0.25, 0.3) is 0 Å². The zero-order chi connectivity index (χ0) is 15.5. The van der Waals surface area contributed by atoms with Crippen LogP contribution in [0.4, 0.5) is 5.69 Å². The molecule has 0 aliphatic heterocycles. The highest BCUT2D eigenvalue weighted by molar-refractivity contribution is 5.95. The van der Waals surface area contributed by atoms with Gasteiger partial charge in [-0.3, -0.25) is 4.98 Å². The molecule has 1 heterocycles. The van der Waals surface area contributed by atoms with Gasteiger partial charge in [0.25, 0.3) is 0 Å². The topological polar surface area (TPSA) is 93.2 Å². The Bertz CT molecular complexity index is 413. The van der Waals surface area contributed by atoms with Crippen molar-refractivity contribution in [2.24, 2.45) is 10.9 Å². The van der Waals surface area contributed by atoms with Gasteiger partial charge < -0.3 is 25.3 Å². The first-order valence-electron chi connectivity index (χ1n) is 7.07. The molecule has 0 aliphatic rings. The van der Waals surface area contributed by atoms with Crippen LogP contribution in [0.5, 0.6) is 0 Å². The molecule has 0 unspecified atom stereocenters. The highest BCUT2D eigenvalue weighted by Gasteiger charge is 2.08. The van der Waals surface area contributed by atoms with E-state index in [1.54, 1.807) is 12.3 Å². The summed E-state index contributed by atoms with van der Waals surface area (Å²) in [5.74, 6) is -0.00303. The molecule has 0 aromatic carbocycles. The van der Waals surface area contributed by atoms with Crippen molar-refractivity contribution in [2.45, 2.75) is 13.8 Å². The van der Waals surface area contributed by atoms with Gasteiger partial charge in [-0.05, 0) is 26.0 Å². The largest absolute Gasteiger partial charge is 0.409 e. The average molecular weight is 296 g/mol. The molecule has 0 atom stereocenters. The van der Waals surface area contributed by atoms with E-state index < -0.39 is 0 Å². The molecule has 0 spiro atoms. The molecular formula is C14H24N4O3. The summed E-state index contributed by atoms with van der Waals surface area (Å²) in [6.07, 6.45) is 1.70. The van der Waals surface area contributed by atoms with Crippen molar-refractivity contribution in [1.82, 2.24) is 4.98 Å². The zero-order valence-corrected chi connectivity index (χ0v) is 12.7. The van der Waals surface area contributed by atoms with E-state index in [0.29, 0.717) is 32.1 Å². The van der Waals surface area contributed by atoms with Gasteiger partial charge >= 0.3 is 0 Å². The van der Waals surface area contributed by atoms with Crippen LogP contribution in [0.2, 0.25) is 0 Å². The van der Waals surface area contributed by atoms with Gasteiger partial charge in [0.2, 0.25) is 0 Å². The standard InChI is InChI=1S/C14H24N4O3/c1-3-20-9-7-18(8-10-21-4-2)12-5-6-13(16-11-12)14(15)17-19/h5-6,11,19H,3-4,7-10H2,1-2H3,(H2,15,17). The highest BCUT2D eigenvalue weighted by atomic mass is 16.5. The molecule has 1 aromatic heterocycles. The van der Waals surface area contributed by atoms with Gasteiger partial charge in [0.1, 0.15) is 5.69 Å². The van der Waals surface area contributed by atoms with E-state index in [2.05, 4.69) is 15.0 Å². The first kappa shape index (κ1) is 17.2. The molecule has 118 valence electrons. The highest BCUT2D eigenvalue weighted by Crippen LogP contribution is 2.13. The second-order valence-corrected chi connectivity index (χ2v) is 4.27. The number of oxime groups is 1.